The van der Waals surface area contributed by atoms with E-state index in [1.807, 2.05) is 31.2 Å². The molecule has 0 bridgehead atoms. The van der Waals surface area contributed by atoms with Crippen molar-refractivity contribution in [3.63, 3.8) is 0 Å². The van der Waals surface area contributed by atoms with Crippen molar-refractivity contribution >= 4 is 52.2 Å². The van der Waals surface area contributed by atoms with Crippen LogP contribution in [0.3, 0.4) is 0 Å². The first-order valence-corrected chi connectivity index (χ1v) is 7.81. The van der Waals surface area contributed by atoms with Crippen LogP contribution in [0.2, 0.25) is 0 Å². The largest absolute Gasteiger partial charge is 0.481 e. The lowest BCUT2D eigenvalue weighted by Crippen LogP contribution is -2.45. The third-order valence-corrected chi connectivity index (χ3v) is 4.59. The Morgan fingerprint density at radius 1 is 1.35 bits per heavy atom. The molecule has 0 aromatic heterocycles. The summed E-state index contributed by atoms with van der Waals surface area (Å²) >= 11 is 6.03. The number of rotatable bonds is 5. The summed E-state index contributed by atoms with van der Waals surface area (Å²) in [6.45, 7) is 1.89. The molecule has 0 aliphatic carbocycles. The molecule has 1 aliphatic heterocycles. The molecule has 1 aromatic carbocycles. The van der Waals surface area contributed by atoms with E-state index < -0.39 is 30.3 Å². The Balaban J connectivity index is 2.34. The Bertz CT molecular complexity index is 728. The second kappa shape index (κ2) is 6.93. The number of benzene rings is 1. The van der Waals surface area contributed by atoms with Crippen LogP contribution in [0.15, 0.2) is 29.2 Å². The molecule has 6 nitrogen and oxygen atoms in total. The van der Waals surface area contributed by atoms with Crippen molar-refractivity contribution in [3.8, 4) is 0 Å². The van der Waals surface area contributed by atoms with E-state index in [9.17, 15) is 19.5 Å². The maximum absolute atomic E-state index is 12.5. The average molecular weight is 351 g/mol. The predicted octanol–water partition coefficient (Wildman–Crippen LogP) is 2.12. The first-order valence-electron chi connectivity index (χ1n) is 6.58. The van der Waals surface area contributed by atoms with Gasteiger partial charge in [0.05, 0.1) is 11.3 Å². The van der Waals surface area contributed by atoms with Gasteiger partial charge in [0.1, 0.15) is 10.4 Å². The molecule has 1 saturated heterocycles. The summed E-state index contributed by atoms with van der Waals surface area (Å²) in [6.07, 6.45) is 0.924. The van der Waals surface area contributed by atoms with Gasteiger partial charge in [-0.1, -0.05) is 48.2 Å². The van der Waals surface area contributed by atoms with Crippen LogP contribution in [0, 0.1) is 6.92 Å². The molecule has 0 spiro atoms. The predicted molar refractivity (Wildman–Crippen MR) is 89.9 cm³/mol. The molecule has 1 heterocycles. The highest BCUT2D eigenvalue weighted by molar-refractivity contribution is 8.26. The summed E-state index contributed by atoms with van der Waals surface area (Å²) in [5, 5.41) is 18.0. The zero-order valence-corrected chi connectivity index (χ0v) is 13.7. The van der Waals surface area contributed by atoms with Gasteiger partial charge in [0.2, 0.25) is 0 Å². The molecule has 0 saturated carbocycles. The van der Waals surface area contributed by atoms with E-state index in [1.165, 1.54) is 0 Å². The van der Waals surface area contributed by atoms with Crippen LogP contribution in [0.5, 0.6) is 0 Å². The number of thiocarbonyl (C=S) groups is 1. The molecule has 1 atom stereocenters. The summed E-state index contributed by atoms with van der Waals surface area (Å²) in [4.78, 5) is 35.7. The van der Waals surface area contributed by atoms with Crippen LogP contribution in [-0.2, 0) is 14.4 Å². The number of thioether (sulfide) groups is 1. The van der Waals surface area contributed by atoms with Crippen molar-refractivity contribution in [1.29, 1.82) is 0 Å². The number of carboxylic acid groups (broad SMARTS) is 2. The Kier molecular flexibility index (Phi) is 5.17. The van der Waals surface area contributed by atoms with E-state index in [4.69, 9.17) is 17.3 Å². The Labute approximate surface area is 141 Å². The molecule has 0 radical (unpaired) electrons. The highest BCUT2D eigenvalue weighted by Crippen LogP contribution is 2.35. The topological polar surface area (TPSA) is 94.9 Å². The van der Waals surface area contributed by atoms with Gasteiger partial charge in [-0.25, -0.2) is 4.79 Å². The van der Waals surface area contributed by atoms with Gasteiger partial charge >= 0.3 is 11.9 Å². The molecule has 2 N–H and O–H groups in total. The van der Waals surface area contributed by atoms with Gasteiger partial charge in [0.25, 0.3) is 5.91 Å². The first kappa shape index (κ1) is 17.2. The molecule has 2 rings (SSSR count). The van der Waals surface area contributed by atoms with Gasteiger partial charge in [-0.15, -0.1) is 0 Å². The molecule has 0 unspecified atom stereocenters. The Hall–Kier alpha value is -2.19. The molecule has 23 heavy (non-hydrogen) atoms. The fourth-order valence-corrected chi connectivity index (χ4v) is 3.44. The number of aliphatic carboxylic acids is 2. The summed E-state index contributed by atoms with van der Waals surface area (Å²) in [7, 11) is 0. The SMILES string of the molecule is Cc1ccccc1/C=C1/SC(=S)N([C@@H](CC(=O)O)C(=O)O)C1=O. The van der Waals surface area contributed by atoms with Crippen molar-refractivity contribution in [2.45, 2.75) is 19.4 Å². The van der Waals surface area contributed by atoms with Crippen molar-refractivity contribution in [1.82, 2.24) is 4.90 Å². The molecule has 1 fully saturated rings. The van der Waals surface area contributed by atoms with Crippen LogP contribution in [0.25, 0.3) is 6.08 Å². The van der Waals surface area contributed by atoms with Crippen molar-refractivity contribution in [3.05, 3.63) is 40.3 Å². The van der Waals surface area contributed by atoms with Gasteiger partial charge in [0.15, 0.2) is 0 Å². The zero-order chi connectivity index (χ0) is 17.1. The van der Waals surface area contributed by atoms with E-state index in [0.717, 1.165) is 27.8 Å². The highest BCUT2D eigenvalue weighted by atomic mass is 32.2. The minimum atomic E-state index is -1.51. The fourth-order valence-electron chi connectivity index (χ4n) is 2.09. The number of aryl methyl sites for hydroxylation is 1. The number of hydrogen-bond donors (Lipinski definition) is 2. The van der Waals surface area contributed by atoms with Crippen molar-refractivity contribution in [2.75, 3.05) is 0 Å². The molecular formula is C15H13NO5S2. The minimum absolute atomic E-state index is 0.0449. The van der Waals surface area contributed by atoms with Crippen molar-refractivity contribution in [2.24, 2.45) is 0 Å². The third kappa shape index (κ3) is 3.77. The summed E-state index contributed by atoms with van der Waals surface area (Å²) in [5.41, 5.74) is 1.77. The number of carbonyl (C=O) groups excluding carboxylic acids is 1. The lowest BCUT2D eigenvalue weighted by atomic mass is 10.1. The smallest absolute Gasteiger partial charge is 0.327 e. The zero-order valence-electron chi connectivity index (χ0n) is 12.1. The van der Waals surface area contributed by atoms with Crippen LogP contribution >= 0.6 is 24.0 Å². The van der Waals surface area contributed by atoms with E-state index in [2.05, 4.69) is 0 Å². The number of hydrogen-bond acceptors (Lipinski definition) is 5. The van der Waals surface area contributed by atoms with Gasteiger partial charge < -0.3 is 10.2 Å². The van der Waals surface area contributed by atoms with Crippen LogP contribution < -0.4 is 0 Å². The standard InChI is InChI=1S/C15H13NO5S2/c1-8-4-2-3-5-9(8)6-11-13(19)16(15(22)23-11)10(14(20)21)7-12(17)18/h2-6,10H,7H2,1H3,(H,17,18)(H,20,21)/b11-6+/t10-/m0/s1. The Morgan fingerprint density at radius 3 is 2.57 bits per heavy atom. The molecular weight excluding hydrogens is 338 g/mol. The highest BCUT2D eigenvalue weighted by Gasteiger charge is 2.41. The monoisotopic (exact) mass is 351 g/mol. The van der Waals surface area contributed by atoms with Gasteiger partial charge in [-0.05, 0) is 24.1 Å². The van der Waals surface area contributed by atoms with E-state index in [0.29, 0.717) is 0 Å². The number of carboxylic acids is 2. The van der Waals surface area contributed by atoms with E-state index >= 15 is 0 Å². The van der Waals surface area contributed by atoms with Crippen LogP contribution in [0.1, 0.15) is 17.5 Å². The van der Waals surface area contributed by atoms with Crippen LogP contribution in [-0.4, -0.2) is 43.3 Å². The van der Waals surface area contributed by atoms with E-state index in [-0.39, 0.29) is 9.23 Å². The average Bonchev–Trinajstić information content (AvgIpc) is 2.73. The number of carbonyl (C=O) groups is 3. The summed E-state index contributed by atoms with van der Waals surface area (Å²) < 4.78 is 0.0449. The summed E-state index contributed by atoms with van der Waals surface area (Å²) in [6, 6.07) is 5.89. The second-order valence-electron chi connectivity index (χ2n) is 4.86. The van der Waals surface area contributed by atoms with Gasteiger partial charge in [-0.2, -0.15) is 0 Å². The molecule has 1 amide bonds. The quantitative estimate of drug-likeness (QED) is 0.620. The minimum Gasteiger partial charge on any atom is -0.481 e. The first-order chi connectivity index (χ1) is 10.8. The molecule has 8 heteroatoms. The van der Waals surface area contributed by atoms with Gasteiger partial charge in [0, 0.05) is 0 Å². The molecule has 1 aliphatic rings. The van der Waals surface area contributed by atoms with E-state index in [1.54, 1.807) is 6.08 Å². The third-order valence-electron chi connectivity index (χ3n) is 3.26. The normalized spacial score (nSPS) is 17.6. The number of nitrogens with zero attached hydrogens (tertiary/aromatic N) is 1. The maximum atomic E-state index is 12.5. The van der Waals surface area contributed by atoms with Gasteiger partial charge in [-0.3, -0.25) is 14.5 Å². The lowest BCUT2D eigenvalue weighted by molar-refractivity contribution is -0.150. The fraction of sp³-hybridized carbons (Fsp3) is 0.200. The maximum Gasteiger partial charge on any atom is 0.327 e. The number of amides is 1. The molecule has 1 aromatic rings. The Morgan fingerprint density at radius 2 is 2.00 bits per heavy atom. The second-order valence-corrected chi connectivity index (χ2v) is 6.54. The van der Waals surface area contributed by atoms with Crippen LogP contribution in [0.4, 0.5) is 0 Å². The molecule has 120 valence electrons. The lowest BCUT2D eigenvalue weighted by Gasteiger charge is -2.21. The summed E-state index contributed by atoms with van der Waals surface area (Å²) in [5.74, 6) is -3.30. The van der Waals surface area contributed by atoms with Crippen molar-refractivity contribution < 1.29 is 24.6 Å².